The van der Waals surface area contributed by atoms with E-state index in [4.69, 9.17) is 5.26 Å². The molecule has 0 unspecified atom stereocenters. The summed E-state index contributed by atoms with van der Waals surface area (Å²) in [7, 11) is 1.24. The maximum absolute atomic E-state index is 11.6. The van der Waals surface area contributed by atoms with Gasteiger partial charge in [-0.3, -0.25) is 14.4 Å². The Morgan fingerprint density at radius 1 is 1.27 bits per heavy atom. The number of hydroxylamine groups is 2. The lowest BCUT2D eigenvalue weighted by molar-refractivity contribution is -0.0645. The van der Waals surface area contributed by atoms with Gasteiger partial charge in [0.2, 0.25) is 0 Å². The molecule has 5 heteroatoms. The van der Waals surface area contributed by atoms with Crippen LogP contribution in [0.5, 0.6) is 0 Å². The van der Waals surface area contributed by atoms with E-state index in [1.54, 1.807) is 0 Å². The van der Waals surface area contributed by atoms with Crippen molar-refractivity contribution in [3.63, 3.8) is 0 Å². The van der Waals surface area contributed by atoms with E-state index in [0.29, 0.717) is 10.6 Å². The molecule has 1 aliphatic rings. The molecule has 0 saturated heterocycles. The van der Waals surface area contributed by atoms with E-state index in [1.165, 1.54) is 25.3 Å². The van der Waals surface area contributed by atoms with Gasteiger partial charge < -0.3 is 0 Å². The summed E-state index contributed by atoms with van der Waals surface area (Å²) in [4.78, 5) is 27.8. The number of nitrogens with zero attached hydrogens (tertiary/aromatic N) is 2. The third kappa shape index (κ3) is 1.20. The Morgan fingerprint density at radius 2 is 1.93 bits per heavy atom. The van der Waals surface area contributed by atoms with Crippen molar-refractivity contribution >= 4 is 11.8 Å². The minimum Gasteiger partial charge on any atom is -0.266 e. The fraction of sp³-hybridized carbons (Fsp3) is 0.100. The van der Waals surface area contributed by atoms with Gasteiger partial charge in [0.25, 0.3) is 11.8 Å². The average molecular weight is 202 g/mol. The molecule has 1 aliphatic heterocycles. The molecular weight excluding hydrogens is 196 g/mol. The minimum atomic E-state index is -0.533. The number of rotatable bonds is 1. The summed E-state index contributed by atoms with van der Waals surface area (Å²) >= 11 is 0. The van der Waals surface area contributed by atoms with Crippen LogP contribution in [0.1, 0.15) is 26.3 Å². The number of fused-ring (bicyclic) bond motifs is 1. The minimum absolute atomic E-state index is 0.209. The average Bonchev–Trinajstić information content (AvgIpc) is 2.51. The summed E-state index contributed by atoms with van der Waals surface area (Å²) in [5.41, 5.74) is 0.814. The van der Waals surface area contributed by atoms with Crippen LogP contribution in [0.2, 0.25) is 0 Å². The Hall–Kier alpha value is -2.19. The number of imide groups is 1. The fourth-order valence-electron chi connectivity index (χ4n) is 1.45. The SMILES string of the molecule is CON1C(=O)c2ccc(C#N)cc2C1=O. The first kappa shape index (κ1) is 9.37. The second-order valence-corrected chi connectivity index (χ2v) is 2.96. The maximum atomic E-state index is 11.6. The van der Waals surface area contributed by atoms with E-state index in [2.05, 4.69) is 4.84 Å². The van der Waals surface area contributed by atoms with Crippen molar-refractivity contribution in [1.82, 2.24) is 5.06 Å². The van der Waals surface area contributed by atoms with Crippen LogP contribution in [-0.4, -0.2) is 24.0 Å². The topological polar surface area (TPSA) is 70.4 Å². The lowest BCUT2D eigenvalue weighted by Gasteiger charge is -2.07. The third-order valence-electron chi connectivity index (χ3n) is 2.16. The highest BCUT2D eigenvalue weighted by molar-refractivity contribution is 6.20. The van der Waals surface area contributed by atoms with Crippen LogP contribution >= 0.6 is 0 Å². The zero-order valence-corrected chi connectivity index (χ0v) is 7.85. The smallest absolute Gasteiger partial charge is 0.266 e. The van der Waals surface area contributed by atoms with Crippen molar-refractivity contribution in [2.75, 3.05) is 7.11 Å². The molecule has 5 nitrogen and oxygen atoms in total. The summed E-state index contributed by atoms with van der Waals surface area (Å²) in [6, 6.07) is 6.23. The Balaban J connectivity index is 2.59. The van der Waals surface area contributed by atoms with Crippen molar-refractivity contribution in [2.24, 2.45) is 0 Å². The number of amides is 2. The molecular formula is C10H6N2O3. The molecule has 2 amide bonds. The molecule has 0 aromatic heterocycles. The standard InChI is InChI=1S/C10H6N2O3/c1-15-12-9(13)7-3-2-6(5-11)4-8(7)10(12)14/h2-4H,1H3. The van der Waals surface area contributed by atoms with Gasteiger partial charge in [0, 0.05) is 0 Å². The fourth-order valence-corrected chi connectivity index (χ4v) is 1.45. The Labute approximate surface area is 85.4 Å². The van der Waals surface area contributed by atoms with Crippen molar-refractivity contribution in [1.29, 1.82) is 5.26 Å². The predicted molar refractivity (Wildman–Crippen MR) is 48.7 cm³/mol. The molecule has 0 atom stereocenters. The molecule has 0 bridgehead atoms. The number of hydrogen-bond donors (Lipinski definition) is 0. The Kier molecular flexibility index (Phi) is 1.99. The van der Waals surface area contributed by atoms with Crippen LogP contribution in [0.3, 0.4) is 0 Å². The van der Waals surface area contributed by atoms with Gasteiger partial charge in [-0.2, -0.15) is 5.26 Å². The number of carbonyl (C=O) groups excluding carboxylic acids is 2. The van der Waals surface area contributed by atoms with Gasteiger partial charge in [-0.1, -0.05) is 0 Å². The quantitative estimate of drug-likeness (QED) is 0.629. The van der Waals surface area contributed by atoms with E-state index in [1.807, 2.05) is 6.07 Å². The lowest BCUT2D eigenvalue weighted by atomic mass is 10.1. The highest BCUT2D eigenvalue weighted by Crippen LogP contribution is 2.23. The summed E-state index contributed by atoms with van der Waals surface area (Å²) in [5.74, 6) is -1.03. The lowest BCUT2D eigenvalue weighted by Crippen LogP contribution is -2.28. The van der Waals surface area contributed by atoms with Gasteiger partial charge in [-0.05, 0) is 18.2 Å². The first-order valence-electron chi connectivity index (χ1n) is 4.16. The van der Waals surface area contributed by atoms with E-state index in [9.17, 15) is 9.59 Å². The van der Waals surface area contributed by atoms with Crippen LogP contribution in [-0.2, 0) is 4.84 Å². The van der Waals surface area contributed by atoms with Crippen LogP contribution in [0, 0.1) is 11.3 Å². The Morgan fingerprint density at radius 3 is 2.53 bits per heavy atom. The van der Waals surface area contributed by atoms with Crippen LogP contribution < -0.4 is 0 Å². The zero-order chi connectivity index (χ0) is 11.0. The molecule has 1 heterocycles. The molecule has 0 N–H and O–H groups in total. The highest BCUT2D eigenvalue weighted by Gasteiger charge is 2.36. The Bertz CT molecular complexity index is 502. The van der Waals surface area contributed by atoms with Crippen molar-refractivity contribution < 1.29 is 14.4 Å². The van der Waals surface area contributed by atoms with E-state index in [0.717, 1.165) is 0 Å². The molecule has 1 aromatic rings. The molecule has 0 radical (unpaired) electrons. The summed E-state index contributed by atoms with van der Waals surface area (Å²) in [6.07, 6.45) is 0. The van der Waals surface area contributed by atoms with Crippen molar-refractivity contribution in [3.05, 3.63) is 34.9 Å². The maximum Gasteiger partial charge on any atom is 0.285 e. The number of benzene rings is 1. The molecule has 0 spiro atoms. The molecule has 2 rings (SSSR count). The predicted octanol–water partition coefficient (Wildman–Crippen LogP) is 0.716. The number of nitriles is 1. The monoisotopic (exact) mass is 202 g/mol. The third-order valence-corrected chi connectivity index (χ3v) is 2.16. The second kappa shape index (κ2) is 3.19. The van der Waals surface area contributed by atoms with Gasteiger partial charge in [0.1, 0.15) is 0 Å². The van der Waals surface area contributed by atoms with Gasteiger partial charge in [0.15, 0.2) is 0 Å². The number of carbonyl (C=O) groups is 2. The second-order valence-electron chi connectivity index (χ2n) is 2.96. The van der Waals surface area contributed by atoms with Crippen molar-refractivity contribution in [3.8, 4) is 6.07 Å². The van der Waals surface area contributed by atoms with Crippen molar-refractivity contribution in [2.45, 2.75) is 0 Å². The molecule has 0 aliphatic carbocycles. The summed E-state index contributed by atoms with van der Waals surface area (Å²) in [6.45, 7) is 0. The van der Waals surface area contributed by atoms with E-state index < -0.39 is 11.8 Å². The van der Waals surface area contributed by atoms with Crippen LogP contribution in [0.15, 0.2) is 18.2 Å². The van der Waals surface area contributed by atoms with Gasteiger partial charge >= 0.3 is 0 Å². The largest absolute Gasteiger partial charge is 0.285 e. The first-order valence-corrected chi connectivity index (χ1v) is 4.16. The summed E-state index contributed by atoms with van der Waals surface area (Å²) in [5, 5.41) is 9.33. The molecule has 0 fully saturated rings. The van der Waals surface area contributed by atoms with Crippen LogP contribution in [0.4, 0.5) is 0 Å². The molecule has 1 aromatic carbocycles. The van der Waals surface area contributed by atoms with Gasteiger partial charge in [-0.25, -0.2) is 0 Å². The van der Waals surface area contributed by atoms with Crippen LogP contribution in [0.25, 0.3) is 0 Å². The highest BCUT2D eigenvalue weighted by atomic mass is 16.7. The first-order chi connectivity index (χ1) is 7.19. The molecule has 0 saturated carbocycles. The normalized spacial score (nSPS) is 14.0. The molecule has 15 heavy (non-hydrogen) atoms. The molecule has 74 valence electrons. The zero-order valence-electron chi connectivity index (χ0n) is 7.85. The van der Waals surface area contributed by atoms with E-state index >= 15 is 0 Å². The van der Waals surface area contributed by atoms with Gasteiger partial charge in [0.05, 0.1) is 29.9 Å². The number of hydrogen-bond acceptors (Lipinski definition) is 4. The summed E-state index contributed by atoms with van der Waals surface area (Å²) < 4.78 is 0. The van der Waals surface area contributed by atoms with Gasteiger partial charge in [-0.15, -0.1) is 5.06 Å². The van der Waals surface area contributed by atoms with E-state index in [-0.39, 0.29) is 11.1 Å².